The molecule has 1 saturated heterocycles. The van der Waals surface area contributed by atoms with Crippen LogP contribution in [0.15, 0.2) is 11.1 Å². The molecule has 0 spiro atoms. The molecule has 1 aliphatic heterocycles. The number of hydrogen-bond acceptors (Lipinski definition) is 7. The number of aromatic nitrogens is 3. The van der Waals surface area contributed by atoms with Crippen LogP contribution in [0.3, 0.4) is 0 Å². The topological polar surface area (TPSA) is 109 Å². The molecule has 1 aliphatic rings. The van der Waals surface area contributed by atoms with Gasteiger partial charge in [0.2, 0.25) is 5.95 Å². The van der Waals surface area contributed by atoms with E-state index in [2.05, 4.69) is 9.97 Å². The SMILES string of the molecule is CC[C@H]1O[C@@H](n2cnc(N)nc2=O)C(OC(C)=O)[C@H]1C. The Kier molecular flexibility index (Phi) is 4.03. The van der Waals surface area contributed by atoms with E-state index in [9.17, 15) is 9.59 Å². The maximum atomic E-state index is 11.9. The number of carbonyl (C=O) groups is 1. The molecule has 1 aromatic heterocycles. The smallest absolute Gasteiger partial charge is 0.354 e. The van der Waals surface area contributed by atoms with E-state index in [4.69, 9.17) is 15.2 Å². The molecule has 2 N–H and O–H groups in total. The van der Waals surface area contributed by atoms with Gasteiger partial charge in [-0.05, 0) is 6.42 Å². The molecule has 110 valence electrons. The molecule has 2 rings (SSSR count). The minimum Gasteiger partial charge on any atom is -0.457 e. The Hall–Kier alpha value is -1.96. The lowest BCUT2D eigenvalue weighted by atomic mass is 9.98. The summed E-state index contributed by atoms with van der Waals surface area (Å²) in [5, 5.41) is 0. The van der Waals surface area contributed by atoms with Crippen molar-refractivity contribution in [1.82, 2.24) is 14.5 Å². The Labute approximate surface area is 115 Å². The Balaban J connectivity index is 2.36. The van der Waals surface area contributed by atoms with Gasteiger partial charge in [0.05, 0.1) is 6.10 Å². The van der Waals surface area contributed by atoms with Crippen LogP contribution in [0.2, 0.25) is 0 Å². The maximum Gasteiger partial charge on any atom is 0.354 e. The van der Waals surface area contributed by atoms with Crippen LogP contribution in [0.4, 0.5) is 5.95 Å². The number of carbonyl (C=O) groups excluding carboxylic acids is 1. The molecular formula is C12H18N4O4. The summed E-state index contributed by atoms with van der Waals surface area (Å²) in [5.41, 5.74) is 4.78. The first-order valence-electron chi connectivity index (χ1n) is 6.47. The lowest BCUT2D eigenvalue weighted by molar-refractivity contribution is -0.153. The van der Waals surface area contributed by atoms with E-state index in [0.29, 0.717) is 0 Å². The molecule has 1 fully saturated rings. The second kappa shape index (κ2) is 5.58. The minimum absolute atomic E-state index is 0.0293. The second-order valence-corrected chi connectivity index (χ2v) is 4.81. The summed E-state index contributed by atoms with van der Waals surface area (Å²) >= 11 is 0. The zero-order valence-corrected chi connectivity index (χ0v) is 11.6. The Morgan fingerprint density at radius 2 is 2.30 bits per heavy atom. The van der Waals surface area contributed by atoms with Gasteiger partial charge in [-0.25, -0.2) is 9.78 Å². The van der Waals surface area contributed by atoms with Gasteiger partial charge in [-0.2, -0.15) is 4.98 Å². The van der Waals surface area contributed by atoms with Gasteiger partial charge in [0.25, 0.3) is 0 Å². The third kappa shape index (κ3) is 2.64. The Bertz CT molecular complexity index is 559. The summed E-state index contributed by atoms with van der Waals surface area (Å²) in [7, 11) is 0. The van der Waals surface area contributed by atoms with E-state index in [1.54, 1.807) is 0 Å². The van der Waals surface area contributed by atoms with Crippen molar-refractivity contribution < 1.29 is 14.3 Å². The molecule has 20 heavy (non-hydrogen) atoms. The van der Waals surface area contributed by atoms with Gasteiger partial charge < -0.3 is 15.2 Å². The van der Waals surface area contributed by atoms with Gasteiger partial charge >= 0.3 is 11.7 Å². The van der Waals surface area contributed by atoms with Gasteiger partial charge in [-0.15, -0.1) is 0 Å². The van der Waals surface area contributed by atoms with Crippen molar-refractivity contribution >= 4 is 11.9 Å². The number of nitrogens with two attached hydrogens (primary N) is 1. The van der Waals surface area contributed by atoms with Crippen LogP contribution in [-0.2, 0) is 14.3 Å². The summed E-state index contributed by atoms with van der Waals surface area (Å²) in [4.78, 5) is 30.5. The largest absolute Gasteiger partial charge is 0.457 e. The van der Waals surface area contributed by atoms with Gasteiger partial charge in [0, 0.05) is 12.8 Å². The van der Waals surface area contributed by atoms with Crippen LogP contribution in [0.25, 0.3) is 0 Å². The normalized spacial score (nSPS) is 29.4. The van der Waals surface area contributed by atoms with Gasteiger partial charge in [0.1, 0.15) is 6.33 Å². The first-order chi connectivity index (χ1) is 9.43. The molecular weight excluding hydrogens is 264 g/mol. The van der Waals surface area contributed by atoms with E-state index in [1.165, 1.54) is 17.8 Å². The fraction of sp³-hybridized carbons (Fsp3) is 0.667. The molecule has 0 amide bonds. The fourth-order valence-electron chi connectivity index (χ4n) is 2.43. The zero-order chi connectivity index (χ0) is 14.9. The van der Waals surface area contributed by atoms with Gasteiger partial charge in [-0.1, -0.05) is 13.8 Å². The van der Waals surface area contributed by atoms with Crippen molar-refractivity contribution in [2.45, 2.75) is 45.6 Å². The summed E-state index contributed by atoms with van der Waals surface area (Å²) in [6, 6.07) is 0. The number of ether oxygens (including phenoxy) is 2. The summed E-state index contributed by atoms with van der Waals surface area (Å²) in [5.74, 6) is -0.552. The second-order valence-electron chi connectivity index (χ2n) is 4.81. The quantitative estimate of drug-likeness (QED) is 0.783. The average Bonchev–Trinajstić information content (AvgIpc) is 2.66. The number of nitrogen functional groups attached to an aromatic ring is 1. The minimum atomic E-state index is -0.730. The molecule has 4 atom stereocenters. The monoisotopic (exact) mass is 282 g/mol. The van der Waals surface area contributed by atoms with Gasteiger partial charge in [0.15, 0.2) is 12.3 Å². The lowest BCUT2D eigenvalue weighted by Gasteiger charge is -2.21. The molecule has 0 aliphatic carbocycles. The highest BCUT2D eigenvalue weighted by atomic mass is 16.6. The number of esters is 1. The van der Waals surface area contributed by atoms with E-state index in [-0.39, 0.29) is 18.0 Å². The van der Waals surface area contributed by atoms with E-state index in [1.807, 2.05) is 13.8 Å². The van der Waals surface area contributed by atoms with Crippen molar-refractivity contribution in [3.8, 4) is 0 Å². The number of anilines is 1. The third-order valence-corrected chi connectivity index (χ3v) is 3.42. The summed E-state index contributed by atoms with van der Waals surface area (Å²) < 4.78 is 12.3. The molecule has 8 nitrogen and oxygen atoms in total. The van der Waals surface area contributed by atoms with Crippen LogP contribution < -0.4 is 11.4 Å². The summed E-state index contributed by atoms with van der Waals surface area (Å²) in [6.45, 7) is 5.22. The van der Waals surface area contributed by atoms with Crippen molar-refractivity contribution in [3.63, 3.8) is 0 Å². The Morgan fingerprint density at radius 3 is 2.85 bits per heavy atom. The van der Waals surface area contributed by atoms with Crippen molar-refractivity contribution in [1.29, 1.82) is 0 Å². The molecule has 1 unspecified atom stereocenters. The number of hydrogen-bond donors (Lipinski definition) is 1. The predicted octanol–water partition coefficient (Wildman–Crippen LogP) is 0.0957. The highest BCUT2D eigenvalue weighted by Crippen LogP contribution is 2.36. The van der Waals surface area contributed by atoms with Gasteiger partial charge in [-0.3, -0.25) is 9.36 Å². The maximum absolute atomic E-state index is 11.9. The van der Waals surface area contributed by atoms with Crippen molar-refractivity contribution in [2.24, 2.45) is 5.92 Å². The predicted molar refractivity (Wildman–Crippen MR) is 69.6 cm³/mol. The molecule has 0 aromatic carbocycles. The molecule has 8 heteroatoms. The third-order valence-electron chi connectivity index (χ3n) is 3.42. The Morgan fingerprint density at radius 1 is 1.60 bits per heavy atom. The van der Waals surface area contributed by atoms with Crippen LogP contribution in [0.5, 0.6) is 0 Å². The van der Waals surface area contributed by atoms with E-state index >= 15 is 0 Å². The van der Waals surface area contributed by atoms with Crippen molar-refractivity contribution in [3.05, 3.63) is 16.8 Å². The number of nitrogens with zero attached hydrogens (tertiary/aromatic N) is 3. The lowest BCUT2D eigenvalue weighted by Crippen LogP contribution is -2.36. The summed E-state index contributed by atoms with van der Waals surface area (Å²) in [6.07, 6.45) is 0.625. The van der Waals surface area contributed by atoms with E-state index in [0.717, 1.165) is 6.42 Å². The zero-order valence-electron chi connectivity index (χ0n) is 11.6. The molecule has 0 saturated carbocycles. The van der Waals surface area contributed by atoms with Crippen LogP contribution >= 0.6 is 0 Å². The first kappa shape index (κ1) is 14.4. The first-order valence-corrected chi connectivity index (χ1v) is 6.47. The standard InChI is InChI=1S/C12H18N4O4/c1-4-8-6(2)9(19-7(3)17)10(20-8)16-5-14-11(13)15-12(16)18/h5-6,8-10H,4H2,1-3H3,(H2,13,15,18)/t6-,8+,9?,10+/m0/s1. The molecule has 0 radical (unpaired) electrons. The number of rotatable bonds is 3. The fourth-order valence-corrected chi connectivity index (χ4v) is 2.43. The van der Waals surface area contributed by atoms with Crippen molar-refractivity contribution in [2.75, 3.05) is 5.73 Å². The average molecular weight is 282 g/mol. The van der Waals surface area contributed by atoms with E-state index < -0.39 is 24.0 Å². The molecule has 0 bridgehead atoms. The highest BCUT2D eigenvalue weighted by Gasteiger charge is 2.44. The molecule has 1 aromatic rings. The van der Waals surface area contributed by atoms with Crippen LogP contribution in [0.1, 0.15) is 33.4 Å². The highest BCUT2D eigenvalue weighted by molar-refractivity contribution is 5.66. The van der Waals surface area contributed by atoms with Crippen LogP contribution in [0, 0.1) is 5.92 Å². The molecule has 2 heterocycles. The van der Waals surface area contributed by atoms with Crippen LogP contribution in [-0.4, -0.2) is 32.7 Å².